The highest BCUT2D eigenvalue weighted by Crippen LogP contribution is 2.00. The summed E-state index contributed by atoms with van der Waals surface area (Å²) >= 11 is 0. The predicted octanol–water partition coefficient (Wildman–Crippen LogP) is -1.15. The van der Waals surface area contributed by atoms with Gasteiger partial charge in [-0.25, -0.2) is 0 Å². The molecule has 0 aromatic rings. The second-order valence-electron chi connectivity index (χ2n) is 4.21. The van der Waals surface area contributed by atoms with Crippen molar-refractivity contribution in [3.05, 3.63) is 0 Å². The lowest BCUT2D eigenvalue weighted by Crippen LogP contribution is -2.44. The van der Waals surface area contributed by atoms with Crippen molar-refractivity contribution in [3.63, 3.8) is 0 Å². The fourth-order valence-corrected chi connectivity index (χ4v) is 1.91. The van der Waals surface area contributed by atoms with Crippen molar-refractivity contribution in [2.24, 2.45) is 0 Å². The molecule has 0 bridgehead atoms. The largest absolute Gasteiger partial charge is 0.378 e. The van der Waals surface area contributed by atoms with E-state index in [0.717, 1.165) is 13.1 Å². The van der Waals surface area contributed by atoms with Gasteiger partial charge in [0.2, 0.25) is 5.91 Å². The number of nitrogens with zero attached hydrogens (tertiary/aromatic N) is 1. The van der Waals surface area contributed by atoms with Gasteiger partial charge in [-0.05, 0) is 0 Å². The Hall–Kier alpha value is -0.690. The number of nitrogens with one attached hydrogen (secondary N) is 1. The molecule has 6 heteroatoms. The van der Waals surface area contributed by atoms with Crippen LogP contribution in [0.5, 0.6) is 0 Å². The van der Waals surface area contributed by atoms with Gasteiger partial charge in [0.05, 0.1) is 32.5 Å². The van der Waals surface area contributed by atoms with Crippen molar-refractivity contribution >= 4 is 5.91 Å². The molecule has 0 spiro atoms. The number of rotatable bonds is 4. The zero-order valence-corrected chi connectivity index (χ0v) is 10.0. The highest BCUT2D eigenvalue weighted by atomic mass is 16.5. The lowest BCUT2D eigenvalue weighted by molar-refractivity contribution is -0.141. The fourth-order valence-electron chi connectivity index (χ4n) is 1.91. The summed E-state index contributed by atoms with van der Waals surface area (Å²) in [4.78, 5) is 13.5. The molecule has 0 saturated carbocycles. The minimum Gasteiger partial charge on any atom is -0.378 e. The molecule has 2 fully saturated rings. The summed E-state index contributed by atoms with van der Waals surface area (Å²) in [5.41, 5.74) is 0. The van der Waals surface area contributed by atoms with Gasteiger partial charge in [0.15, 0.2) is 0 Å². The van der Waals surface area contributed by atoms with E-state index in [1.54, 1.807) is 4.90 Å². The standard InChI is InChI=1S/C11H20N2O4/c14-11(13-2-5-15-6-3-13)9-16-8-10-7-12-1-4-17-10/h10,12H,1-9H2. The van der Waals surface area contributed by atoms with E-state index in [0.29, 0.717) is 39.5 Å². The molecule has 2 aliphatic rings. The van der Waals surface area contributed by atoms with Crippen LogP contribution >= 0.6 is 0 Å². The minimum absolute atomic E-state index is 0.0390. The van der Waals surface area contributed by atoms with Crippen LogP contribution in [0.2, 0.25) is 0 Å². The zero-order valence-electron chi connectivity index (χ0n) is 10.0. The lowest BCUT2D eigenvalue weighted by Gasteiger charge is -2.27. The van der Waals surface area contributed by atoms with Crippen molar-refractivity contribution in [2.45, 2.75) is 6.10 Å². The van der Waals surface area contributed by atoms with Crippen molar-refractivity contribution in [1.29, 1.82) is 0 Å². The average molecular weight is 244 g/mol. The maximum atomic E-state index is 11.7. The van der Waals surface area contributed by atoms with Crippen LogP contribution in [0.1, 0.15) is 0 Å². The maximum Gasteiger partial charge on any atom is 0.248 e. The third-order valence-electron chi connectivity index (χ3n) is 2.90. The highest BCUT2D eigenvalue weighted by Gasteiger charge is 2.18. The first-order chi connectivity index (χ1) is 8.36. The topological polar surface area (TPSA) is 60.0 Å². The number of amides is 1. The first-order valence-electron chi connectivity index (χ1n) is 6.12. The molecule has 0 aromatic heterocycles. The molecule has 17 heavy (non-hydrogen) atoms. The molecule has 2 aliphatic heterocycles. The van der Waals surface area contributed by atoms with Crippen molar-refractivity contribution < 1.29 is 19.0 Å². The van der Waals surface area contributed by atoms with Crippen LogP contribution in [0.15, 0.2) is 0 Å². The van der Waals surface area contributed by atoms with Gasteiger partial charge < -0.3 is 24.4 Å². The molecule has 1 amide bonds. The van der Waals surface area contributed by atoms with E-state index >= 15 is 0 Å². The van der Waals surface area contributed by atoms with Gasteiger partial charge in [-0.15, -0.1) is 0 Å². The van der Waals surface area contributed by atoms with Crippen LogP contribution in [-0.2, 0) is 19.0 Å². The van der Waals surface area contributed by atoms with Crippen molar-refractivity contribution in [2.75, 3.05) is 59.2 Å². The SMILES string of the molecule is O=C(COCC1CNCCO1)N1CCOCC1. The van der Waals surface area contributed by atoms with Crippen LogP contribution in [0, 0.1) is 0 Å². The number of carbonyl (C=O) groups excluding carboxylic acids is 1. The third kappa shape index (κ3) is 4.23. The van der Waals surface area contributed by atoms with Crippen LogP contribution in [-0.4, -0.2) is 76.1 Å². The normalized spacial score (nSPS) is 25.9. The molecule has 2 saturated heterocycles. The summed E-state index contributed by atoms with van der Waals surface area (Å²) in [7, 11) is 0. The molecule has 1 unspecified atom stereocenters. The third-order valence-corrected chi connectivity index (χ3v) is 2.90. The molecular formula is C11H20N2O4. The van der Waals surface area contributed by atoms with Gasteiger partial charge in [0.25, 0.3) is 0 Å². The Morgan fingerprint density at radius 3 is 2.88 bits per heavy atom. The lowest BCUT2D eigenvalue weighted by atomic mass is 10.3. The van der Waals surface area contributed by atoms with Crippen LogP contribution in [0.25, 0.3) is 0 Å². The van der Waals surface area contributed by atoms with E-state index in [4.69, 9.17) is 14.2 Å². The summed E-state index contributed by atoms with van der Waals surface area (Å²) in [5.74, 6) is 0.0390. The van der Waals surface area contributed by atoms with E-state index < -0.39 is 0 Å². The van der Waals surface area contributed by atoms with E-state index in [1.165, 1.54) is 0 Å². The Morgan fingerprint density at radius 2 is 2.18 bits per heavy atom. The van der Waals surface area contributed by atoms with Crippen LogP contribution in [0.4, 0.5) is 0 Å². The monoisotopic (exact) mass is 244 g/mol. The van der Waals surface area contributed by atoms with E-state index in [2.05, 4.69) is 5.32 Å². The van der Waals surface area contributed by atoms with Gasteiger partial charge >= 0.3 is 0 Å². The minimum atomic E-state index is 0.0390. The second kappa shape index (κ2) is 6.90. The van der Waals surface area contributed by atoms with Crippen LogP contribution in [0.3, 0.4) is 0 Å². The van der Waals surface area contributed by atoms with E-state index in [1.807, 2.05) is 0 Å². The van der Waals surface area contributed by atoms with Crippen molar-refractivity contribution in [1.82, 2.24) is 10.2 Å². The molecule has 0 aliphatic carbocycles. The highest BCUT2D eigenvalue weighted by molar-refractivity contribution is 5.77. The number of carbonyl (C=O) groups is 1. The maximum absolute atomic E-state index is 11.7. The first-order valence-corrected chi connectivity index (χ1v) is 6.12. The number of ether oxygens (including phenoxy) is 3. The van der Waals surface area contributed by atoms with Gasteiger partial charge in [-0.3, -0.25) is 4.79 Å². The molecule has 0 aromatic carbocycles. The van der Waals surface area contributed by atoms with Gasteiger partial charge in [-0.2, -0.15) is 0 Å². The molecule has 98 valence electrons. The van der Waals surface area contributed by atoms with Crippen LogP contribution < -0.4 is 5.32 Å². The summed E-state index contributed by atoms with van der Waals surface area (Å²) in [6, 6.07) is 0. The Kier molecular flexibility index (Phi) is 5.18. The second-order valence-corrected chi connectivity index (χ2v) is 4.21. The van der Waals surface area contributed by atoms with E-state index in [9.17, 15) is 4.79 Å². The predicted molar refractivity (Wildman–Crippen MR) is 60.8 cm³/mol. The molecule has 2 heterocycles. The summed E-state index contributed by atoms with van der Waals surface area (Å²) in [5, 5.41) is 3.22. The smallest absolute Gasteiger partial charge is 0.248 e. The number of morpholine rings is 2. The number of hydrogen-bond donors (Lipinski definition) is 1. The fraction of sp³-hybridized carbons (Fsp3) is 0.909. The molecule has 1 N–H and O–H groups in total. The summed E-state index contributed by atoms with van der Waals surface area (Å²) in [6.45, 7) is 5.61. The van der Waals surface area contributed by atoms with Crippen molar-refractivity contribution in [3.8, 4) is 0 Å². The Morgan fingerprint density at radius 1 is 1.35 bits per heavy atom. The quantitative estimate of drug-likeness (QED) is 0.677. The molecular weight excluding hydrogens is 224 g/mol. The van der Waals surface area contributed by atoms with Gasteiger partial charge in [0, 0.05) is 26.2 Å². The molecule has 6 nitrogen and oxygen atoms in total. The van der Waals surface area contributed by atoms with E-state index in [-0.39, 0.29) is 18.6 Å². The Labute approximate surface area is 101 Å². The Bertz CT molecular complexity index is 238. The Balaban J connectivity index is 1.58. The molecule has 0 radical (unpaired) electrons. The summed E-state index contributed by atoms with van der Waals surface area (Å²) < 4.78 is 16.1. The molecule has 2 rings (SSSR count). The average Bonchev–Trinajstić information content (AvgIpc) is 2.41. The zero-order chi connectivity index (χ0) is 11.9. The van der Waals surface area contributed by atoms with Gasteiger partial charge in [-0.1, -0.05) is 0 Å². The molecule has 1 atom stereocenters. The van der Waals surface area contributed by atoms with Gasteiger partial charge in [0.1, 0.15) is 6.61 Å². The first kappa shape index (κ1) is 12.8. The summed E-state index contributed by atoms with van der Waals surface area (Å²) in [6.07, 6.45) is 0.0706. The number of hydrogen-bond acceptors (Lipinski definition) is 5.